The first kappa shape index (κ1) is 26.8. The van der Waals surface area contributed by atoms with Crippen LogP contribution in [0.15, 0.2) is 77.7 Å². The van der Waals surface area contributed by atoms with Crippen molar-refractivity contribution < 1.29 is 9.53 Å². The maximum absolute atomic E-state index is 13.4. The second-order valence-electron chi connectivity index (χ2n) is 11.1. The molecule has 5 rings (SSSR count). The minimum Gasteiger partial charge on any atom is -0.467 e. The Bertz CT molecular complexity index is 1490. The number of hydrogen-bond donors (Lipinski definition) is 1. The Labute approximate surface area is 235 Å². The molecule has 1 amide bonds. The molecule has 0 aliphatic carbocycles. The second kappa shape index (κ2) is 10.7. The molecule has 0 fully saturated rings. The predicted molar refractivity (Wildman–Crippen MR) is 158 cm³/mol. The van der Waals surface area contributed by atoms with Gasteiger partial charge in [0.05, 0.1) is 12.2 Å². The highest BCUT2D eigenvalue weighted by atomic mass is 32.2. The van der Waals surface area contributed by atoms with E-state index in [1.54, 1.807) is 4.90 Å². The number of benzene rings is 3. The highest BCUT2D eigenvalue weighted by Crippen LogP contribution is 2.33. The summed E-state index contributed by atoms with van der Waals surface area (Å²) in [6, 6.07) is 24.1. The maximum Gasteiger partial charge on any atom is 0.253 e. The molecular formula is C32H34N4O2S. The summed E-state index contributed by atoms with van der Waals surface area (Å²) in [4.78, 5) is 25.6. The van der Waals surface area contributed by atoms with Crippen LogP contribution in [0.1, 0.15) is 59.5 Å². The summed E-state index contributed by atoms with van der Waals surface area (Å²) in [6.45, 7) is 11.1. The zero-order valence-corrected chi connectivity index (χ0v) is 24.1. The molecule has 39 heavy (non-hydrogen) atoms. The van der Waals surface area contributed by atoms with E-state index < -0.39 is 6.10 Å². The molecule has 4 aromatic rings. The maximum atomic E-state index is 13.4. The number of aryl methyl sites for hydroxylation is 2. The predicted octanol–water partition coefficient (Wildman–Crippen LogP) is 7.38. The van der Waals surface area contributed by atoms with Gasteiger partial charge in [-0.15, -0.1) is 0 Å². The van der Waals surface area contributed by atoms with E-state index in [1.807, 2.05) is 43.4 Å². The lowest BCUT2D eigenvalue weighted by Gasteiger charge is -2.26. The number of anilines is 1. The summed E-state index contributed by atoms with van der Waals surface area (Å²) in [5.41, 5.74) is 6.97. The van der Waals surface area contributed by atoms with Crippen molar-refractivity contribution in [3.63, 3.8) is 0 Å². The molecule has 3 aromatic carbocycles. The molecule has 0 spiro atoms. The van der Waals surface area contributed by atoms with E-state index in [4.69, 9.17) is 14.7 Å². The number of nitrogens with zero attached hydrogens (tertiary/aromatic N) is 3. The number of carbonyl (C=O) groups is 1. The molecule has 2 heterocycles. The number of fused-ring (bicyclic) bond motifs is 4. The number of carbonyl (C=O) groups excluding carboxylic acids is 1. The SMILES string of the molecule is Cc1cccc(C)c1-c1cc2nc(n1)NSc1cccc(c1)C(=O)N(C)CC(c1ccc(C(C)(C)C)cc1)O2. The van der Waals surface area contributed by atoms with E-state index in [1.165, 1.54) is 17.5 Å². The third-order valence-corrected chi connectivity index (χ3v) is 7.75. The zero-order valence-electron chi connectivity index (χ0n) is 23.3. The molecule has 6 nitrogen and oxygen atoms in total. The Morgan fingerprint density at radius 3 is 2.33 bits per heavy atom. The number of rotatable bonds is 2. The summed E-state index contributed by atoms with van der Waals surface area (Å²) in [6.07, 6.45) is -0.432. The Balaban J connectivity index is 1.62. The van der Waals surface area contributed by atoms with Gasteiger partial charge in [-0.2, -0.15) is 4.98 Å². The van der Waals surface area contributed by atoms with Gasteiger partial charge in [-0.25, -0.2) is 4.98 Å². The normalized spacial score (nSPS) is 15.9. The highest BCUT2D eigenvalue weighted by Gasteiger charge is 2.24. The van der Waals surface area contributed by atoms with Crippen LogP contribution >= 0.6 is 11.9 Å². The van der Waals surface area contributed by atoms with Crippen molar-refractivity contribution in [1.29, 1.82) is 0 Å². The molecule has 7 heteroatoms. The minimum absolute atomic E-state index is 0.0348. The van der Waals surface area contributed by atoms with Crippen LogP contribution in [0, 0.1) is 13.8 Å². The average Bonchev–Trinajstić information content (AvgIpc) is 2.90. The lowest BCUT2D eigenvalue weighted by molar-refractivity contribution is 0.0706. The van der Waals surface area contributed by atoms with Crippen LogP contribution in [-0.4, -0.2) is 34.4 Å². The number of hydrogen-bond acceptors (Lipinski definition) is 6. The average molecular weight is 539 g/mol. The number of nitrogens with one attached hydrogen (secondary N) is 1. The Kier molecular flexibility index (Phi) is 7.36. The van der Waals surface area contributed by atoms with Crippen molar-refractivity contribution in [2.75, 3.05) is 18.3 Å². The second-order valence-corrected chi connectivity index (χ2v) is 12.0. The number of ether oxygens (including phenoxy) is 1. The van der Waals surface area contributed by atoms with E-state index >= 15 is 0 Å². The number of amides is 1. The summed E-state index contributed by atoms with van der Waals surface area (Å²) in [5.74, 6) is 0.828. The van der Waals surface area contributed by atoms with E-state index in [9.17, 15) is 4.79 Å². The van der Waals surface area contributed by atoms with Crippen LogP contribution in [0.4, 0.5) is 5.95 Å². The van der Waals surface area contributed by atoms with Gasteiger partial charge < -0.3 is 9.64 Å². The van der Waals surface area contributed by atoms with Crippen LogP contribution < -0.4 is 9.46 Å². The van der Waals surface area contributed by atoms with Crippen LogP contribution in [0.25, 0.3) is 11.3 Å². The summed E-state index contributed by atoms with van der Waals surface area (Å²) in [5, 5.41) is 0. The molecule has 0 saturated carbocycles. The topological polar surface area (TPSA) is 67.4 Å². The smallest absolute Gasteiger partial charge is 0.253 e. The van der Waals surface area contributed by atoms with Gasteiger partial charge in [0.2, 0.25) is 11.8 Å². The van der Waals surface area contributed by atoms with Gasteiger partial charge >= 0.3 is 0 Å². The summed E-state index contributed by atoms with van der Waals surface area (Å²) < 4.78 is 9.88. The Morgan fingerprint density at radius 1 is 0.949 bits per heavy atom. The fraction of sp³-hybridized carbons (Fsp3) is 0.281. The van der Waals surface area contributed by atoms with E-state index in [-0.39, 0.29) is 11.3 Å². The molecule has 1 atom stereocenters. The Morgan fingerprint density at radius 2 is 1.64 bits per heavy atom. The molecule has 200 valence electrons. The quantitative estimate of drug-likeness (QED) is 0.269. The van der Waals surface area contributed by atoms with E-state index in [2.05, 4.69) is 75.7 Å². The van der Waals surface area contributed by atoms with Crippen molar-refractivity contribution in [1.82, 2.24) is 14.9 Å². The van der Waals surface area contributed by atoms with Gasteiger partial charge in [-0.1, -0.05) is 69.3 Å². The Hall–Kier alpha value is -3.84. The van der Waals surface area contributed by atoms with Crippen molar-refractivity contribution in [3.8, 4) is 17.1 Å². The number of likely N-dealkylation sites (N-methyl/N-ethyl adjacent to an activating group) is 1. The molecule has 0 saturated heterocycles. The third-order valence-electron chi connectivity index (χ3n) is 6.98. The van der Waals surface area contributed by atoms with Gasteiger partial charge in [0.25, 0.3) is 5.91 Å². The van der Waals surface area contributed by atoms with E-state index in [0.717, 1.165) is 32.8 Å². The first-order valence-electron chi connectivity index (χ1n) is 13.1. The molecule has 1 aliphatic heterocycles. The summed E-state index contributed by atoms with van der Waals surface area (Å²) in [7, 11) is 1.81. The van der Waals surface area contributed by atoms with E-state index in [0.29, 0.717) is 23.9 Å². The summed E-state index contributed by atoms with van der Waals surface area (Å²) >= 11 is 1.37. The minimum atomic E-state index is -0.432. The van der Waals surface area contributed by atoms with Gasteiger partial charge in [0, 0.05) is 29.1 Å². The lowest BCUT2D eigenvalue weighted by atomic mass is 9.86. The molecule has 4 bridgehead atoms. The van der Waals surface area contributed by atoms with Gasteiger partial charge in [-0.05, 0) is 71.7 Å². The van der Waals surface area contributed by atoms with Gasteiger partial charge in [0.1, 0.15) is 6.10 Å². The largest absolute Gasteiger partial charge is 0.467 e. The van der Waals surface area contributed by atoms with Crippen LogP contribution in [0.5, 0.6) is 5.88 Å². The number of aromatic nitrogens is 2. The van der Waals surface area contributed by atoms with Gasteiger partial charge in [0.15, 0.2) is 0 Å². The van der Waals surface area contributed by atoms with Crippen LogP contribution in [0.2, 0.25) is 0 Å². The standard InChI is InChI=1S/C32H34N4O2S/c1-20-9-7-10-21(2)29(20)26-18-28-34-31(33-26)35-39-25-12-8-11-23(17-25)30(37)36(6)19-27(38-28)22-13-15-24(16-14-22)32(3,4)5/h7-18,27H,19H2,1-6H3,(H,33,34,35). The lowest BCUT2D eigenvalue weighted by Crippen LogP contribution is -2.33. The van der Waals surface area contributed by atoms with Crippen molar-refractivity contribution in [2.24, 2.45) is 0 Å². The first-order chi connectivity index (χ1) is 18.6. The molecular weight excluding hydrogens is 504 g/mol. The van der Waals surface area contributed by atoms with Crippen molar-refractivity contribution in [2.45, 2.75) is 51.0 Å². The fourth-order valence-corrected chi connectivity index (χ4v) is 5.41. The van der Waals surface area contributed by atoms with Crippen LogP contribution in [0.3, 0.4) is 0 Å². The highest BCUT2D eigenvalue weighted by molar-refractivity contribution is 8.00. The van der Waals surface area contributed by atoms with Crippen molar-refractivity contribution in [3.05, 3.63) is 101 Å². The molecule has 1 aromatic heterocycles. The fourth-order valence-electron chi connectivity index (χ4n) is 4.78. The first-order valence-corrected chi connectivity index (χ1v) is 13.9. The monoisotopic (exact) mass is 538 g/mol. The molecule has 1 aliphatic rings. The van der Waals surface area contributed by atoms with Crippen molar-refractivity contribution >= 4 is 23.8 Å². The zero-order chi connectivity index (χ0) is 27.7. The third kappa shape index (κ3) is 5.93. The van der Waals surface area contributed by atoms with Gasteiger partial charge in [-0.3, -0.25) is 9.52 Å². The molecule has 0 radical (unpaired) electrons. The molecule has 1 N–H and O–H groups in total. The molecule has 1 unspecified atom stereocenters. The van der Waals surface area contributed by atoms with Crippen LogP contribution in [-0.2, 0) is 5.41 Å².